The van der Waals surface area contributed by atoms with Gasteiger partial charge in [0.1, 0.15) is 0 Å². The van der Waals surface area contributed by atoms with Crippen LogP contribution in [0.2, 0.25) is 0 Å². The second-order valence-corrected chi connectivity index (χ2v) is 4.99. The van der Waals surface area contributed by atoms with Crippen LogP contribution in [0.25, 0.3) is 0 Å². The van der Waals surface area contributed by atoms with Gasteiger partial charge in [-0.3, -0.25) is 10.1 Å². The van der Waals surface area contributed by atoms with Crippen LogP contribution in [0, 0.1) is 10.1 Å². The Morgan fingerprint density at radius 1 is 1.35 bits per heavy atom. The van der Waals surface area contributed by atoms with E-state index in [1.807, 2.05) is 0 Å². The Hall–Kier alpha value is -1.83. The predicted molar refractivity (Wildman–Crippen MR) is 67.7 cm³/mol. The molecule has 1 aromatic carbocycles. The summed E-state index contributed by atoms with van der Waals surface area (Å²) < 4.78 is 39.1. The lowest BCUT2D eigenvalue weighted by Gasteiger charge is -2.37. The summed E-state index contributed by atoms with van der Waals surface area (Å²) in [5.74, 6) is 0. The minimum atomic E-state index is -4.72. The van der Waals surface area contributed by atoms with Gasteiger partial charge in [-0.2, -0.15) is 13.2 Å². The fourth-order valence-electron chi connectivity index (χ4n) is 1.59. The number of aliphatic hydroxyl groups excluding tert-OH is 1. The van der Waals surface area contributed by atoms with Gasteiger partial charge in [0.25, 0.3) is 5.69 Å². The van der Waals surface area contributed by atoms with Crippen LogP contribution in [0.3, 0.4) is 0 Å². The van der Waals surface area contributed by atoms with Gasteiger partial charge in [-0.25, -0.2) is 0 Å². The van der Waals surface area contributed by atoms with Crippen LogP contribution in [0.4, 0.5) is 24.5 Å². The number of likely N-dealkylation sites (N-methyl/N-ethyl adjacent to an activating group) is 1. The molecule has 0 bridgehead atoms. The first kappa shape index (κ1) is 16.2. The molecule has 112 valence electrons. The highest BCUT2D eigenvalue weighted by Gasteiger charge is 2.38. The predicted octanol–water partition coefficient (Wildman–Crippen LogP) is 2.82. The van der Waals surface area contributed by atoms with Gasteiger partial charge in [-0.05, 0) is 19.9 Å². The van der Waals surface area contributed by atoms with Crippen molar-refractivity contribution in [1.29, 1.82) is 0 Å². The molecule has 20 heavy (non-hydrogen) atoms. The van der Waals surface area contributed by atoms with Crippen LogP contribution in [0.5, 0.6) is 0 Å². The number of hydrogen-bond donors (Lipinski definition) is 1. The minimum absolute atomic E-state index is 0.220. The van der Waals surface area contributed by atoms with E-state index in [2.05, 4.69) is 0 Å². The summed E-state index contributed by atoms with van der Waals surface area (Å²) in [4.78, 5) is 11.0. The number of halogens is 3. The molecule has 0 saturated heterocycles. The lowest BCUT2D eigenvalue weighted by Crippen LogP contribution is -2.45. The highest BCUT2D eigenvalue weighted by atomic mass is 19.4. The van der Waals surface area contributed by atoms with Crippen LogP contribution < -0.4 is 4.90 Å². The monoisotopic (exact) mass is 292 g/mol. The van der Waals surface area contributed by atoms with Crippen molar-refractivity contribution in [2.24, 2.45) is 0 Å². The molecule has 1 N–H and O–H groups in total. The van der Waals surface area contributed by atoms with Crippen molar-refractivity contribution in [2.45, 2.75) is 25.6 Å². The maximum atomic E-state index is 13.0. The highest BCUT2D eigenvalue weighted by Crippen LogP contribution is 2.40. The molecule has 0 saturated carbocycles. The van der Waals surface area contributed by atoms with Gasteiger partial charge in [0, 0.05) is 24.9 Å². The number of alkyl halides is 3. The first-order chi connectivity index (χ1) is 9.00. The SMILES string of the molecule is CN(c1ccc([N+](=O)[O-])cc1C(F)(F)F)C(C)(C)CO. The van der Waals surface area contributed by atoms with Crippen LogP contribution in [0.1, 0.15) is 19.4 Å². The molecule has 8 heteroatoms. The van der Waals surface area contributed by atoms with Crippen molar-refractivity contribution < 1.29 is 23.2 Å². The fourth-order valence-corrected chi connectivity index (χ4v) is 1.59. The number of anilines is 1. The van der Waals surface area contributed by atoms with Crippen molar-refractivity contribution in [1.82, 2.24) is 0 Å². The topological polar surface area (TPSA) is 66.6 Å². The lowest BCUT2D eigenvalue weighted by molar-refractivity contribution is -0.385. The fraction of sp³-hybridized carbons (Fsp3) is 0.500. The number of aliphatic hydroxyl groups is 1. The Balaban J connectivity index is 3.44. The number of rotatable bonds is 4. The maximum Gasteiger partial charge on any atom is 0.418 e. The van der Waals surface area contributed by atoms with E-state index in [1.165, 1.54) is 11.9 Å². The molecule has 0 aromatic heterocycles. The summed E-state index contributed by atoms with van der Waals surface area (Å²) in [5, 5.41) is 19.8. The van der Waals surface area contributed by atoms with Crippen LogP contribution in [-0.2, 0) is 6.18 Å². The Morgan fingerprint density at radius 3 is 2.30 bits per heavy atom. The molecule has 0 aliphatic carbocycles. The van der Waals surface area contributed by atoms with E-state index in [4.69, 9.17) is 0 Å². The second kappa shape index (κ2) is 5.28. The summed E-state index contributed by atoms with van der Waals surface area (Å²) in [5.41, 5.74) is -2.88. The second-order valence-electron chi connectivity index (χ2n) is 4.99. The van der Waals surface area contributed by atoms with Crippen molar-refractivity contribution in [2.75, 3.05) is 18.6 Å². The van der Waals surface area contributed by atoms with E-state index in [9.17, 15) is 28.4 Å². The van der Waals surface area contributed by atoms with Crippen molar-refractivity contribution in [3.63, 3.8) is 0 Å². The van der Waals surface area contributed by atoms with Gasteiger partial charge < -0.3 is 10.0 Å². The molecule has 1 aromatic rings. The average Bonchev–Trinajstić information content (AvgIpc) is 2.36. The van der Waals surface area contributed by atoms with Gasteiger partial charge in [0.05, 0.1) is 22.6 Å². The molecule has 0 spiro atoms. The molecular weight excluding hydrogens is 277 g/mol. The zero-order valence-electron chi connectivity index (χ0n) is 11.2. The zero-order chi connectivity index (χ0) is 15.7. The van der Waals surface area contributed by atoms with Gasteiger partial charge in [-0.15, -0.1) is 0 Å². The quantitative estimate of drug-likeness (QED) is 0.684. The number of non-ortho nitro benzene ring substituents is 1. The van der Waals surface area contributed by atoms with Crippen molar-refractivity contribution in [3.8, 4) is 0 Å². The Morgan fingerprint density at radius 2 is 1.90 bits per heavy atom. The normalized spacial score (nSPS) is 12.3. The van der Waals surface area contributed by atoms with Crippen molar-refractivity contribution in [3.05, 3.63) is 33.9 Å². The standard InChI is InChI=1S/C12H15F3N2O3/c1-11(2,7-18)16(3)10-5-4-8(17(19)20)6-9(10)12(13,14)15/h4-6,18H,7H2,1-3H3. The summed E-state index contributed by atoms with van der Waals surface area (Å²) in [6.45, 7) is 2.76. The number of nitro benzene ring substituents is 1. The van der Waals surface area contributed by atoms with E-state index in [0.29, 0.717) is 6.07 Å². The number of hydrogen-bond acceptors (Lipinski definition) is 4. The minimum Gasteiger partial charge on any atom is -0.394 e. The lowest BCUT2D eigenvalue weighted by atomic mass is 10.0. The molecule has 0 aliphatic rings. The van der Waals surface area contributed by atoms with Gasteiger partial charge >= 0.3 is 6.18 Å². The van der Waals surface area contributed by atoms with E-state index >= 15 is 0 Å². The van der Waals surface area contributed by atoms with Crippen LogP contribution >= 0.6 is 0 Å². The van der Waals surface area contributed by atoms with E-state index in [0.717, 1.165) is 12.1 Å². The van der Waals surface area contributed by atoms with Crippen LogP contribution in [0.15, 0.2) is 18.2 Å². The molecule has 0 fully saturated rings. The molecule has 1 rings (SSSR count). The third kappa shape index (κ3) is 3.19. The first-order valence-electron chi connectivity index (χ1n) is 5.71. The molecule has 0 amide bonds. The van der Waals surface area contributed by atoms with Gasteiger partial charge in [0.2, 0.25) is 0 Å². The Bertz CT molecular complexity index is 515. The number of nitrogens with zero attached hydrogens (tertiary/aromatic N) is 2. The smallest absolute Gasteiger partial charge is 0.394 e. The summed E-state index contributed by atoms with van der Waals surface area (Å²) in [6.07, 6.45) is -4.72. The number of nitro groups is 1. The summed E-state index contributed by atoms with van der Waals surface area (Å²) in [6, 6.07) is 2.55. The molecule has 0 radical (unpaired) electrons. The van der Waals surface area contributed by atoms with Gasteiger partial charge in [0.15, 0.2) is 0 Å². The molecule has 0 unspecified atom stereocenters. The summed E-state index contributed by atoms with van der Waals surface area (Å²) in [7, 11) is 1.40. The maximum absolute atomic E-state index is 13.0. The largest absolute Gasteiger partial charge is 0.418 e. The summed E-state index contributed by atoms with van der Waals surface area (Å²) >= 11 is 0. The van der Waals surface area contributed by atoms with Crippen LogP contribution in [-0.4, -0.2) is 29.2 Å². The Kier molecular flexibility index (Phi) is 4.28. The van der Waals surface area contributed by atoms with Crippen molar-refractivity contribution >= 4 is 11.4 Å². The average molecular weight is 292 g/mol. The van der Waals surface area contributed by atoms with E-state index in [1.54, 1.807) is 13.8 Å². The zero-order valence-corrected chi connectivity index (χ0v) is 11.2. The van der Waals surface area contributed by atoms with E-state index < -0.39 is 27.9 Å². The molecule has 0 heterocycles. The molecule has 0 atom stereocenters. The molecular formula is C12H15F3N2O3. The van der Waals surface area contributed by atoms with E-state index in [-0.39, 0.29) is 12.3 Å². The molecule has 5 nitrogen and oxygen atoms in total. The highest BCUT2D eigenvalue weighted by molar-refractivity contribution is 5.60. The Labute approximate surface area is 113 Å². The molecule has 0 aliphatic heterocycles. The number of benzene rings is 1. The van der Waals surface area contributed by atoms with Gasteiger partial charge in [-0.1, -0.05) is 0 Å². The third-order valence-electron chi connectivity index (χ3n) is 3.15. The third-order valence-corrected chi connectivity index (χ3v) is 3.15. The first-order valence-corrected chi connectivity index (χ1v) is 5.71.